The van der Waals surface area contributed by atoms with Crippen LogP contribution in [-0.4, -0.2) is 17.5 Å². The molecule has 8 heteroatoms. The van der Waals surface area contributed by atoms with Crippen molar-refractivity contribution in [2.75, 3.05) is 11.5 Å². The third-order valence-electron chi connectivity index (χ3n) is 1.51. The zero-order valence-electron chi connectivity index (χ0n) is 6.84. The summed E-state index contributed by atoms with van der Waals surface area (Å²) in [5.74, 6) is 0. The van der Waals surface area contributed by atoms with Gasteiger partial charge in [0.1, 0.15) is 0 Å². The Labute approximate surface area is 84.9 Å². The minimum Gasteiger partial charge on any atom is -0.398 e. The fraction of sp³-hybridized carbons (Fsp3) is 0. The summed E-state index contributed by atoms with van der Waals surface area (Å²) in [6.45, 7) is 0. The Kier molecular flexibility index (Phi) is 2.90. The summed E-state index contributed by atoms with van der Waals surface area (Å²) in [5, 5.41) is 0. The smallest absolute Gasteiger partial charge is 0.294 e. The minimum atomic E-state index is -4.32. The summed E-state index contributed by atoms with van der Waals surface area (Å²) in [6.07, 6.45) is 0. The monoisotopic (exact) mass is 236 g/mol. The summed E-state index contributed by atoms with van der Waals surface area (Å²) >= 11 is 0.315. The number of hydrogen-bond donors (Lipinski definition) is 4. The van der Waals surface area contributed by atoms with Gasteiger partial charge in [0, 0.05) is 12.0 Å². The molecule has 0 saturated carbocycles. The lowest BCUT2D eigenvalue weighted by molar-refractivity contribution is 0.483. The molecule has 1 rings (SSSR count). The highest BCUT2D eigenvalue weighted by Gasteiger charge is 2.14. The first-order valence-electron chi connectivity index (χ1n) is 3.34. The number of anilines is 2. The Morgan fingerprint density at radius 3 is 1.93 bits per heavy atom. The van der Waals surface area contributed by atoms with Crippen molar-refractivity contribution in [3.05, 3.63) is 12.1 Å². The van der Waals surface area contributed by atoms with Crippen molar-refractivity contribution < 1.29 is 17.5 Å². The molecule has 0 amide bonds. The molecule has 14 heavy (non-hydrogen) atoms. The second kappa shape index (κ2) is 3.65. The van der Waals surface area contributed by atoms with Gasteiger partial charge in [-0.2, -0.15) is 8.42 Å². The molecule has 0 saturated heterocycles. The van der Waals surface area contributed by atoms with Crippen LogP contribution in [0.1, 0.15) is 0 Å². The van der Waals surface area contributed by atoms with Gasteiger partial charge in [0.05, 0.1) is 21.2 Å². The Hall–Kier alpha value is -0.960. The SMILES string of the molecule is Nc1cc(S(=O)(=O)O)cc(N)c1SO. The molecule has 6 nitrogen and oxygen atoms in total. The van der Waals surface area contributed by atoms with Gasteiger partial charge in [-0.1, -0.05) is 0 Å². The highest BCUT2D eigenvalue weighted by Crippen LogP contribution is 2.31. The maximum Gasteiger partial charge on any atom is 0.294 e. The largest absolute Gasteiger partial charge is 0.398 e. The Morgan fingerprint density at radius 1 is 1.21 bits per heavy atom. The van der Waals surface area contributed by atoms with E-state index in [0.29, 0.717) is 12.0 Å². The van der Waals surface area contributed by atoms with Gasteiger partial charge in [-0.3, -0.25) is 4.55 Å². The quantitative estimate of drug-likeness (QED) is 0.337. The normalized spacial score (nSPS) is 11.6. The Bertz CT molecular complexity index is 434. The molecule has 0 radical (unpaired) electrons. The van der Waals surface area contributed by atoms with Crippen molar-refractivity contribution in [1.82, 2.24) is 0 Å². The third-order valence-corrected chi connectivity index (χ3v) is 2.99. The molecule has 0 fully saturated rings. The lowest BCUT2D eigenvalue weighted by Crippen LogP contribution is -2.03. The van der Waals surface area contributed by atoms with Crippen molar-refractivity contribution in [2.24, 2.45) is 0 Å². The van der Waals surface area contributed by atoms with E-state index in [0.717, 1.165) is 12.1 Å². The van der Waals surface area contributed by atoms with Gasteiger partial charge >= 0.3 is 0 Å². The van der Waals surface area contributed by atoms with Gasteiger partial charge in [-0.25, -0.2) is 0 Å². The maximum atomic E-state index is 10.7. The van der Waals surface area contributed by atoms with Gasteiger partial charge in [0.2, 0.25) is 0 Å². The molecule has 1 aromatic rings. The number of nitrogens with two attached hydrogens (primary N) is 2. The van der Waals surface area contributed by atoms with Crippen molar-refractivity contribution in [2.45, 2.75) is 9.79 Å². The van der Waals surface area contributed by atoms with Gasteiger partial charge in [-0.05, 0) is 12.1 Å². The summed E-state index contributed by atoms with van der Waals surface area (Å²) in [7, 11) is -4.32. The average Bonchev–Trinajstić information content (AvgIpc) is 2.01. The first-order chi connectivity index (χ1) is 6.36. The van der Waals surface area contributed by atoms with Gasteiger partial charge in [0.25, 0.3) is 10.1 Å². The van der Waals surface area contributed by atoms with E-state index >= 15 is 0 Å². The van der Waals surface area contributed by atoms with Crippen LogP contribution in [0.15, 0.2) is 21.9 Å². The summed E-state index contributed by atoms with van der Waals surface area (Å²) in [4.78, 5) is -0.234. The Balaban J connectivity index is 3.43. The van der Waals surface area contributed by atoms with E-state index in [1.807, 2.05) is 0 Å². The van der Waals surface area contributed by atoms with Crippen molar-refractivity contribution in [3.8, 4) is 0 Å². The fourth-order valence-electron chi connectivity index (χ4n) is 0.900. The van der Waals surface area contributed by atoms with Crippen molar-refractivity contribution >= 4 is 33.5 Å². The van der Waals surface area contributed by atoms with E-state index in [4.69, 9.17) is 20.6 Å². The number of benzene rings is 1. The lowest BCUT2D eigenvalue weighted by atomic mass is 10.3. The van der Waals surface area contributed by atoms with Crippen LogP contribution >= 0.6 is 12.0 Å². The molecule has 0 aliphatic rings. The van der Waals surface area contributed by atoms with Crippen LogP contribution in [-0.2, 0) is 10.1 Å². The van der Waals surface area contributed by atoms with Crippen LogP contribution < -0.4 is 11.5 Å². The maximum absolute atomic E-state index is 10.7. The van der Waals surface area contributed by atoms with Crippen LogP contribution in [0.25, 0.3) is 0 Å². The van der Waals surface area contributed by atoms with Crippen LogP contribution in [0.2, 0.25) is 0 Å². The van der Waals surface area contributed by atoms with E-state index in [1.54, 1.807) is 0 Å². The van der Waals surface area contributed by atoms with E-state index in [9.17, 15) is 8.42 Å². The molecule has 78 valence electrons. The summed E-state index contributed by atoms with van der Waals surface area (Å²) in [6, 6.07) is 2.04. The average molecular weight is 236 g/mol. The molecule has 0 spiro atoms. The first kappa shape index (κ1) is 11.1. The summed E-state index contributed by atoms with van der Waals surface area (Å²) in [5.41, 5.74) is 10.8. The molecular formula is C6H8N2O4S2. The molecule has 0 heterocycles. The molecule has 0 aliphatic heterocycles. The topological polar surface area (TPSA) is 127 Å². The molecule has 6 N–H and O–H groups in total. The lowest BCUT2D eigenvalue weighted by Gasteiger charge is -2.06. The molecular weight excluding hydrogens is 228 g/mol. The minimum absolute atomic E-state index is 0.00914. The van der Waals surface area contributed by atoms with Crippen LogP contribution in [0.4, 0.5) is 11.4 Å². The molecule has 0 aliphatic carbocycles. The summed E-state index contributed by atoms with van der Waals surface area (Å²) < 4.78 is 38.9. The number of nitrogen functional groups attached to an aromatic ring is 2. The van der Waals surface area contributed by atoms with Crippen LogP contribution in [0.3, 0.4) is 0 Å². The first-order valence-corrected chi connectivity index (χ1v) is 5.55. The molecule has 0 unspecified atom stereocenters. The highest BCUT2D eigenvalue weighted by atomic mass is 32.2. The van der Waals surface area contributed by atoms with E-state index in [2.05, 4.69) is 0 Å². The fourth-order valence-corrected chi connectivity index (χ4v) is 1.78. The molecule has 0 aromatic heterocycles. The molecule has 0 atom stereocenters. The molecule has 0 bridgehead atoms. The predicted molar refractivity (Wildman–Crippen MR) is 53.6 cm³/mol. The van der Waals surface area contributed by atoms with E-state index in [-0.39, 0.29) is 16.3 Å². The zero-order chi connectivity index (χ0) is 10.9. The second-order valence-electron chi connectivity index (χ2n) is 2.50. The van der Waals surface area contributed by atoms with E-state index < -0.39 is 15.0 Å². The van der Waals surface area contributed by atoms with Crippen LogP contribution in [0.5, 0.6) is 0 Å². The zero-order valence-corrected chi connectivity index (χ0v) is 8.47. The second-order valence-corrected chi connectivity index (χ2v) is 4.51. The standard InChI is InChI=1S/C6H8N2O4S2/c7-4-1-3(14(10,11)12)2-5(8)6(4)13-9/h1-2,9H,7-8H2,(H,10,11,12). The molecule has 1 aromatic carbocycles. The van der Waals surface area contributed by atoms with Crippen molar-refractivity contribution in [1.29, 1.82) is 0 Å². The van der Waals surface area contributed by atoms with Gasteiger partial charge in [-0.15, -0.1) is 0 Å². The van der Waals surface area contributed by atoms with Gasteiger partial charge in [0.15, 0.2) is 0 Å². The van der Waals surface area contributed by atoms with Gasteiger partial charge < -0.3 is 16.0 Å². The highest BCUT2D eigenvalue weighted by molar-refractivity contribution is 7.94. The van der Waals surface area contributed by atoms with Crippen molar-refractivity contribution in [3.63, 3.8) is 0 Å². The van der Waals surface area contributed by atoms with E-state index in [1.165, 1.54) is 0 Å². The predicted octanol–water partition coefficient (Wildman–Crippen LogP) is 0.663. The Morgan fingerprint density at radius 2 is 1.64 bits per heavy atom. The third kappa shape index (κ3) is 2.10. The number of rotatable bonds is 2. The van der Waals surface area contributed by atoms with Crippen LogP contribution in [0, 0.1) is 0 Å². The number of hydrogen-bond acceptors (Lipinski definition) is 6.